The largest absolute Gasteiger partial charge is 0.375 e. The van der Waals surface area contributed by atoms with Crippen LogP contribution in [-0.2, 0) is 4.79 Å². The number of hydrogen-bond donors (Lipinski definition) is 4. The molecule has 0 spiro atoms. The SMILES string of the molecule is NN(CCCNC(=O)C#Cc1ccc(Cl)cc1)CC1=CCNC2NC=C[C@H]12. The first kappa shape index (κ1) is 19.5. The van der Waals surface area contributed by atoms with Gasteiger partial charge in [0.2, 0.25) is 0 Å². The zero-order chi connectivity index (χ0) is 19.1. The van der Waals surface area contributed by atoms with E-state index >= 15 is 0 Å². The van der Waals surface area contributed by atoms with Crippen molar-refractivity contribution in [2.24, 2.45) is 11.8 Å². The second-order valence-corrected chi connectivity index (χ2v) is 6.99. The summed E-state index contributed by atoms with van der Waals surface area (Å²) in [5.74, 6) is 11.6. The van der Waals surface area contributed by atoms with E-state index in [0.717, 1.165) is 25.1 Å². The van der Waals surface area contributed by atoms with Gasteiger partial charge < -0.3 is 10.6 Å². The maximum absolute atomic E-state index is 11.8. The van der Waals surface area contributed by atoms with Crippen LogP contribution in [0, 0.1) is 17.8 Å². The predicted octanol–water partition coefficient (Wildman–Crippen LogP) is 0.962. The van der Waals surface area contributed by atoms with Crippen molar-refractivity contribution in [3.63, 3.8) is 0 Å². The average Bonchev–Trinajstić information content (AvgIpc) is 3.15. The molecule has 0 radical (unpaired) electrons. The summed E-state index contributed by atoms with van der Waals surface area (Å²) in [5.41, 5.74) is 2.08. The lowest BCUT2D eigenvalue weighted by atomic mass is 9.94. The highest BCUT2D eigenvalue weighted by atomic mass is 35.5. The second kappa shape index (κ2) is 9.58. The number of hydrazine groups is 1. The van der Waals surface area contributed by atoms with Gasteiger partial charge in [-0.2, -0.15) is 0 Å². The van der Waals surface area contributed by atoms with Crippen LogP contribution in [0.5, 0.6) is 0 Å². The number of nitrogens with one attached hydrogen (secondary N) is 3. The van der Waals surface area contributed by atoms with Gasteiger partial charge in [0.25, 0.3) is 5.91 Å². The van der Waals surface area contributed by atoms with Crippen LogP contribution in [0.3, 0.4) is 0 Å². The lowest BCUT2D eigenvalue weighted by molar-refractivity contribution is -0.115. The molecular weight excluding hydrogens is 362 g/mol. The molecular formula is C20H24ClN5O. The third-order valence-electron chi connectivity index (χ3n) is 4.53. The molecule has 1 aromatic carbocycles. The monoisotopic (exact) mass is 385 g/mol. The Balaban J connectivity index is 1.35. The van der Waals surface area contributed by atoms with E-state index in [0.29, 0.717) is 24.0 Å². The molecule has 142 valence electrons. The van der Waals surface area contributed by atoms with E-state index in [1.807, 2.05) is 6.20 Å². The van der Waals surface area contributed by atoms with Crippen LogP contribution < -0.4 is 21.8 Å². The lowest BCUT2D eigenvalue weighted by Crippen LogP contribution is -2.47. The van der Waals surface area contributed by atoms with Gasteiger partial charge in [-0.05, 0) is 42.5 Å². The predicted molar refractivity (Wildman–Crippen MR) is 107 cm³/mol. The molecule has 0 aromatic heterocycles. The van der Waals surface area contributed by atoms with Crippen LogP contribution in [0.15, 0.2) is 48.2 Å². The van der Waals surface area contributed by atoms with Gasteiger partial charge in [-0.1, -0.05) is 29.7 Å². The van der Waals surface area contributed by atoms with E-state index in [9.17, 15) is 4.79 Å². The molecule has 27 heavy (non-hydrogen) atoms. The summed E-state index contributed by atoms with van der Waals surface area (Å²) < 4.78 is 0. The van der Waals surface area contributed by atoms with E-state index in [1.54, 1.807) is 29.3 Å². The Bertz CT molecular complexity index is 778. The highest BCUT2D eigenvalue weighted by Gasteiger charge is 2.28. The number of amides is 1. The molecule has 2 aliphatic heterocycles. The van der Waals surface area contributed by atoms with Crippen LogP contribution in [0.25, 0.3) is 0 Å². The van der Waals surface area contributed by atoms with E-state index in [2.05, 4.69) is 39.9 Å². The Kier molecular flexibility index (Phi) is 6.91. The molecule has 0 bridgehead atoms. The number of rotatable bonds is 6. The molecule has 1 amide bonds. The van der Waals surface area contributed by atoms with Crippen molar-refractivity contribution in [3.8, 4) is 11.8 Å². The van der Waals surface area contributed by atoms with Gasteiger partial charge in [0.1, 0.15) is 0 Å². The number of fused-ring (bicyclic) bond motifs is 1. The van der Waals surface area contributed by atoms with Crippen molar-refractivity contribution in [3.05, 3.63) is 58.8 Å². The zero-order valence-corrected chi connectivity index (χ0v) is 15.8. The number of benzene rings is 1. The molecule has 0 saturated carbocycles. The van der Waals surface area contributed by atoms with Crippen LogP contribution >= 0.6 is 11.6 Å². The third kappa shape index (κ3) is 5.84. The Morgan fingerprint density at radius 2 is 2.19 bits per heavy atom. The molecule has 3 rings (SSSR count). The van der Waals surface area contributed by atoms with Crippen LogP contribution in [0.4, 0.5) is 0 Å². The summed E-state index contributed by atoms with van der Waals surface area (Å²) in [6, 6.07) is 7.06. The van der Waals surface area contributed by atoms with Gasteiger partial charge in [-0.3, -0.25) is 16.0 Å². The highest BCUT2D eigenvalue weighted by molar-refractivity contribution is 6.30. The number of halogens is 1. The van der Waals surface area contributed by atoms with Gasteiger partial charge in [0.15, 0.2) is 0 Å². The van der Waals surface area contributed by atoms with Crippen LogP contribution in [-0.4, -0.2) is 43.3 Å². The number of hydrogen-bond acceptors (Lipinski definition) is 5. The maximum Gasteiger partial charge on any atom is 0.296 e. The van der Waals surface area contributed by atoms with Gasteiger partial charge in [0, 0.05) is 48.6 Å². The first-order valence-electron chi connectivity index (χ1n) is 9.02. The summed E-state index contributed by atoms with van der Waals surface area (Å²) >= 11 is 5.82. The normalized spacial score (nSPS) is 20.3. The van der Waals surface area contributed by atoms with Crippen molar-refractivity contribution in [2.45, 2.75) is 12.6 Å². The first-order chi connectivity index (χ1) is 13.1. The molecule has 1 aromatic rings. The minimum absolute atomic E-state index is 0.275. The van der Waals surface area contributed by atoms with Crippen LogP contribution in [0.1, 0.15) is 12.0 Å². The molecule has 2 heterocycles. The third-order valence-corrected chi connectivity index (χ3v) is 4.78. The fraction of sp³-hybridized carbons (Fsp3) is 0.350. The quantitative estimate of drug-likeness (QED) is 0.193. The molecule has 2 aliphatic rings. The minimum atomic E-state index is -0.292. The van der Waals surface area contributed by atoms with E-state index in [4.69, 9.17) is 17.4 Å². The van der Waals surface area contributed by atoms with Crippen molar-refractivity contribution in [1.29, 1.82) is 0 Å². The fourth-order valence-electron chi connectivity index (χ4n) is 3.13. The molecule has 0 saturated heterocycles. The first-order valence-corrected chi connectivity index (χ1v) is 9.40. The van der Waals surface area contributed by atoms with E-state index in [1.165, 1.54) is 5.57 Å². The molecule has 0 fully saturated rings. The number of nitrogens with two attached hydrogens (primary N) is 1. The molecule has 2 atom stereocenters. The molecule has 5 N–H and O–H groups in total. The Morgan fingerprint density at radius 3 is 3.00 bits per heavy atom. The number of nitrogens with zero attached hydrogens (tertiary/aromatic N) is 1. The van der Waals surface area contributed by atoms with Crippen molar-refractivity contribution in [2.75, 3.05) is 26.2 Å². The van der Waals surface area contributed by atoms with Crippen LogP contribution in [0.2, 0.25) is 5.02 Å². The zero-order valence-electron chi connectivity index (χ0n) is 15.0. The average molecular weight is 386 g/mol. The van der Waals surface area contributed by atoms with Crippen molar-refractivity contribution in [1.82, 2.24) is 21.0 Å². The van der Waals surface area contributed by atoms with Gasteiger partial charge in [-0.15, -0.1) is 0 Å². The topological polar surface area (TPSA) is 82.4 Å². The summed E-state index contributed by atoms with van der Waals surface area (Å²) in [6.45, 7) is 2.81. The molecule has 7 heteroatoms. The van der Waals surface area contributed by atoms with Gasteiger partial charge >= 0.3 is 0 Å². The minimum Gasteiger partial charge on any atom is -0.375 e. The van der Waals surface area contributed by atoms with E-state index in [-0.39, 0.29) is 12.1 Å². The Hall–Kier alpha value is -2.30. The highest BCUT2D eigenvalue weighted by Crippen LogP contribution is 2.23. The lowest BCUT2D eigenvalue weighted by Gasteiger charge is -2.30. The summed E-state index contributed by atoms with van der Waals surface area (Å²) in [6.07, 6.45) is 7.39. The van der Waals surface area contributed by atoms with E-state index < -0.39 is 0 Å². The summed E-state index contributed by atoms with van der Waals surface area (Å²) in [7, 11) is 0. The molecule has 1 unspecified atom stereocenters. The smallest absolute Gasteiger partial charge is 0.296 e. The number of carbonyl (C=O) groups excluding carboxylic acids is 1. The summed E-state index contributed by atoms with van der Waals surface area (Å²) in [4.78, 5) is 11.8. The van der Waals surface area contributed by atoms with Gasteiger partial charge in [-0.25, -0.2) is 5.01 Å². The Labute approximate surface area is 164 Å². The molecule has 6 nitrogen and oxygen atoms in total. The maximum atomic E-state index is 11.8. The van der Waals surface area contributed by atoms with Crippen molar-refractivity contribution < 1.29 is 4.79 Å². The standard InChI is InChI=1S/C20H24ClN5O/c21-17-5-2-15(3-6-17)4-7-19(27)23-10-1-13-26(22)14-16-8-11-24-20-18(16)9-12-25-20/h2-3,5-6,8-9,12,18,20,24-25H,1,10-11,13-14,22H2,(H,23,27)/t18-,20?/m1/s1. The number of carbonyl (C=O) groups is 1. The van der Waals surface area contributed by atoms with Gasteiger partial charge in [0.05, 0.1) is 6.17 Å². The molecule has 0 aliphatic carbocycles. The second-order valence-electron chi connectivity index (χ2n) is 6.55. The fourth-order valence-corrected chi connectivity index (χ4v) is 3.25. The summed E-state index contributed by atoms with van der Waals surface area (Å²) in [5, 5.41) is 11.9. The van der Waals surface area contributed by atoms with Crippen molar-refractivity contribution >= 4 is 17.5 Å². The Morgan fingerprint density at radius 1 is 1.37 bits per heavy atom.